The highest BCUT2D eigenvalue weighted by molar-refractivity contribution is 5.31. The van der Waals surface area contributed by atoms with Crippen molar-refractivity contribution in [1.29, 1.82) is 0 Å². The number of halogens is 11. The van der Waals surface area contributed by atoms with Crippen LogP contribution in [-0.2, 0) is 0 Å². The fourth-order valence-electron chi connectivity index (χ4n) is 3.05. The van der Waals surface area contributed by atoms with Crippen LogP contribution >= 0.6 is 0 Å². The van der Waals surface area contributed by atoms with Gasteiger partial charge >= 0.3 is 29.6 Å². The first-order chi connectivity index (χ1) is 13.9. The third kappa shape index (κ3) is 3.34. The van der Waals surface area contributed by atoms with Crippen LogP contribution in [0.2, 0.25) is 0 Å². The molecule has 13 heteroatoms. The Balaban J connectivity index is 2.41. The van der Waals surface area contributed by atoms with Gasteiger partial charge in [0.25, 0.3) is 5.67 Å². The van der Waals surface area contributed by atoms with Gasteiger partial charge in [-0.05, 0) is 24.1 Å². The molecule has 1 fully saturated rings. The normalized spacial score (nSPS) is 25.6. The van der Waals surface area contributed by atoms with Crippen LogP contribution in [0.1, 0.15) is 37.9 Å². The Hall–Kier alpha value is -1.79. The quantitative estimate of drug-likeness (QED) is 0.378. The molecular formula is C18H17F11O2. The van der Waals surface area contributed by atoms with E-state index in [2.05, 4.69) is 0 Å². The second-order valence-electron chi connectivity index (χ2n) is 7.16. The minimum absolute atomic E-state index is 0.158. The molecule has 0 saturated heterocycles. The van der Waals surface area contributed by atoms with Crippen LogP contribution in [0.25, 0.3) is 0 Å². The van der Waals surface area contributed by atoms with Crippen molar-refractivity contribution in [2.75, 3.05) is 6.61 Å². The Bertz CT molecular complexity index is 747. The molecule has 0 heterocycles. The average Bonchev–Trinajstić information content (AvgIpc) is 2.67. The molecule has 0 radical (unpaired) electrons. The van der Waals surface area contributed by atoms with E-state index in [0.29, 0.717) is 6.42 Å². The fraction of sp³-hybridized carbons (Fsp3) is 0.667. The van der Waals surface area contributed by atoms with Gasteiger partial charge in [-0.2, -0.15) is 43.9 Å². The fourth-order valence-corrected chi connectivity index (χ4v) is 3.05. The first-order valence-electron chi connectivity index (χ1n) is 8.91. The third-order valence-corrected chi connectivity index (χ3v) is 5.08. The van der Waals surface area contributed by atoms with E-state index in [-0.39, 0.29) is 12.4 Å². The van der Waals surface area contributed by atoms with Crippen molar-refractivity contribution in [1.82, 2.24) is 0 Å². The lowest BCUT2D eigenvalue weighted by atomic mass is 9.69. The molecule has 2 rings (SSSR count). The van der Waals surface area contributed by atoms with Gasteiger partial charge < -0.3 is 9.84 Å². The number of hydrogen-bond acceptors (Lipinski definition) is 2. The van der Waals surface area contributed by atoms with Gasteiger partial charge in [0.2, 0.25) is 0 Å². The summed E-state index contributed by atoms with van der Waals surface area (Å²) in [6.45, 7) is 2.11. The number of aliphatic hydroxyl groups excluding tert-OH is 1. The number of unbranched alkanes of at least 4 members (excludes halogenated alkanes) is 1. The molecule has 1 saturated carbocycles. The number of alkyl halides is 11. The van der Waals surface area contributed by atoms with Gasteiger partial charge in [-0.15, -0.1) is 0 Å². The molecule has 178 valence electrons. The zero-order valence-electron chi connectivity index (χ0n) is 15.7. The van der Waals surface area contributed by atoms with Gasteiger partial charge in [0, 0.05) is 6.42 Å². The molecule has 1 aromatic carbocycles. The standard InChI is InChI=1S/C18H17F11O2/c1-2-3-8-31-11-6-4-10(5-7-11)12(30)9-13(19)14(20,21)16(24,25)18(28,29)17(26,27)15(13,22)23/h4-7,12,30H,2-3,8-9H2,1H3. The van der Waals surface area contributed by atoms with Crippen LogP contribution in [0.5, 0.6) is 5.75 Å². The first kappa shape index (κ1) is 25.5. The summed E-state index contributed by atoms with van der Waals surface area (Å²) in [7, 11) is 0. The molecule has 0 aliphatic heterocycles. The van der Waals surface area contributed by atoms with E-state index < -0.39 is 53.4 Å². The molecule has 1 unspecified atom stereocenters. The molecule has 31 heavy (non-hydrogen) atoms. The second kappa shape index (κ2) is 7.66. The maximum atomic E-state index is 14.7. The zero-order valence-corrected chi connectivity index (χ0v) is 15.7. The lowest BCUT2D eigenvalue weighted by Crippen LogP contribution is -2.83. The second-order valence-corrected chi connectivity index (χ2v) is 7.16. The van der Waals surface area contributed by atoms with Crippen LogP contribution in [0.3, 0.4) is 0 Å². The SMILES string of the molecule is CCCCOc1ccc(C(O)CC2(F)C(F)(F)C(F)(F)C(F)(F)C(F)(F)C2(F)F)cc1. The van der Waals surface area contributed by atoms with Gasteiger partial charge in [-0.3, -0.25) is 0 Å². The molecule has 0 bridgehead atoms. The molecule has 0 spiro atoms. The van der Waals surface area contributed by atoms with Crippen LogP contribution in [0, 0.1) is 0 Å². The Kier molecular flexibility index (Phi) is 6.30. The predicted molar refractivity (Wildman–Crippen MR) is 85.0 cm³/mol. The van der Waals surface area contributed by atoms with Crippen LogP contribution in [0.4, 0.5) is 48.3 Å². The van der Waals surface area contributed by atoms with E-state index in [1.54, 1.807) is 0 Å². The van der Waals surface area contributed by atoms with Crippen molar-refractivity contribution in [3.05, 3.63) is 29.8 Å². The number of rotatable bonds is 7. The molecular weight excluding hydrogens is 457 g/mol. The summed E-state index contributed by atoms with van der Waals surface area (Å²) < 4.78 is 156. The smallest absolute Gasteiger partial charge is 0.384 e. The molecule has 1 aromatic rings. The summed E-state index contributed by atoms with van der Waals surface area (Å²) in [5, 5.41) is 9.85. The number of aliphatic hydroxyl groups is 1. The van der Waals surface area contributed by atoms with Gasteiger partial charge in [0.1, 0.15) is 5.75 Å². The highest BCUT2D eigenvalue weighted by atomic mass is 19.4. The summed E-state index contributed by atoms with van der Waals surface area (Å²) >= 11 is 0. The monoisotopic (exact) mass is 474 g/mol. The molecule has 1 aliphatic rings. The van der Waals surface area contributed by atoms with Crippen molar-refractivity contribution >= 4 is 0 Å². The van der Waals surface area contributed by atoms with Crippen LogP contribution in [0.15, 0.2) is 24.3 Å². The predicted octanol–water partition coefficient (Wildman–Crippen LogP) is 6.19. The van der Waals surface area contributed by atoms with Crippen LogP contribution < -0.4 is 4.74 Å². The van der Waals surface area contributed by atoms with E-state index in [9.17, 15) is 53.4 Å². The van der Waals surface area contributed by atoms with Crippen molar-refractivity contribution in [2.24, 2.45) is 0 Å². The number of benzene rings is 1. The molecule has 1 N–H and O–H groups in total. The van der Waals surface area contributed by atoms with Crippen molar-refractivity contribution in [3.8, 4) is 5.75 Å². The summed E-state index contributed by atoms with van der Waals surface area (Å²) in [6, 6.07) is 3.90. The van der Waals surface area contributed by atoms with E-state index in [4.69, 9.17) is 4.74 Å². The van der Waals surface area contributed by atoms with Gasteiger partial charge in [-0.1, -0.05) is 25.5 Å². The van der Waals surface area contributed by atoms with Crippen molar-refractivity contribution in [2.45, 2.75) is 67.6 Å². The van der Waals surface area contributed by atoms with Gasteiger partial charge in [-0.25, -0.2) is 4.39 Å². The maximum absolute atomic E-state index is 14.7. The lowest BCUT2D eigenvalue weighted by molar-refractivity contribution is -0.487. The van der Waals surface area contributed by atoms with Crippen molar-refractivity contribution in [3.63, 3.8) is 0 Å². The van der Waals surface area contributed by atoms with E-state index in [1.165, 1.54) is 0 Å². The minimum Gasteiger partial charge on any atom is -0.494 e. The van der Waals surface area contributed by atoms with E-state index in [1.807, 2.05) is 6.92 Å². The van der Waals surface area contributed by atoms with Crippen molar-refractivity contribution < 1.29 is 58.1 Å². The van der Waals surface area contributed by atoms with Gasteiger partial charge in [0.05, 0.1) is 12.7 Å². The van der Waals surface area contributed by atoms with Crippen LogP contribution in [-0.4, -0.2) is 47.0 Å². The zero-order chi connectivity index (χ0) is 24.1. The summed E-state index contributed by atoms with van der Waals surface area (Å²) in [4.78, 5) is 0. The molecule has 1 atom stereocenters. The topological polar surface area (TPSA) is 29.5 Å². The maximum Gasteiger partial charge on any atom is 0.384 e. The molecule has 0 amide bonds. The minimum atomic E-state index is -7.27. The third-order valence-electron chi connectivity index (χ3n) is 5.08. The summed E-state index contributed by atoms with van der Waals surface area (Å²) in [5.74, 6) is -35.4. The van der Waals surface area contributed by atoms with E-state index >= 15 is 0 Å². The highest BCUT2D eigenvalue weighted by Crippen LogP contribution is 2.70. The molecule has 1 aliphatic carbocycles. The summed E-state index contributed by atoms with van der Waals surface area (Å²) in [5.41, 5.74) is -6.82. The molecule has 0 aromatic heterocycles. The Morgan fingerprint density at radius 1 is 0.742 bits per heavy atom. The lowest BCUT2D eigenvalue weighted by Gasteiger charge is -2.52. The highest BCUT2D eigenvalue weighted by Gasteiger charge is 3.00. The van der Waals surface area contributed by atoms with E-state index in [0.717, 1.165) is 30.7 Å². The van der Waals surface area contributed by atoms with Gasteiger partial charge in [0.15, 0.2) is 0 Å². The summed E-state index contributed by atoms with van der Waals surface area (Å²) in [6.07, 6.45) is -4.05. The number of hydrogen-bond donors (Lipinski definition) is 1. The average molecular weight is 474 g/mol. The Morgan fingerprint density at radius 3 is 1.58 bits per heavy atom. The number of ether oxygens (including phenoxy) is 1. The largest absolute Gasteiger partial charge is 0.494 e. The Labute approximate surface area is 169 Å². The Morgan fingerprint density at radius 2 is 1.16 bits per heavy atom. The molecule has 2 nitrogen and oxygen atoms in total. The first-order valence-corrected chi connectivity index (χ1v) is 8.91.